The minimum atomic E-state index is 0.577. The number of halogens is 1. The van der Waals surface area contributed by atoms with Gasteiger partial charge in [-0.1, -0.05) is 42.8 Å². The van der Waals surface area contributed by atoms with Crippen molar-refractivity contribution >= 4 is 11.6 Å². The van der Waals surface area contributed by atoms with E-state index in [0.717, 1.165) is 11.4 Å². The van der Waals surface area contributed by atoms with Crippen LogP contribution in [-0.4, -0.2) is 0 Å². The molecule has 13 heavy (non-hydrogen) atoms. The van der Waals surface area contributed by atoms with Gasteiger partial charge in [-0.05, 0) is 37.0 Å². The van der Waals surface area contributed by atoms with Gasteiger partial charge in [0, 0.05) is 5.02 Å². The molecular formula is C12H15Cl. The van der Waals surface area contributed by atoms with Crippen LogP contribution in [0, 0.1) is 0 Å². The molecule has 70 valence electrons. The second-order valence-electron chi connectivity index (χ2n) is 3.26. The average molecular weight is 195 g/mol. The maximum Gasteiger partial charge on any atom is 0.0406 e. The summed E-state index contributed by atoms with van der Waals surface area (Å²) in [4.78, 5) is 0. The molecule has 0 radical (unpaired) electrons. The molecule has 0 heterocycles. The Balaban J connectivity index is 2.66. The van der Waals surface area contributed by atoms with Crippen molar-refractivity contribution in [2.75, 3.05) is 0 Å². The van der Waals surface area contributed by atoms with Gasteiger partial charge in [-0.2, -0.15) is 0 Å². The predicted octanol–water partition coefficient (Wildman–Crippen LogP) is 4.41. The largest absolute Gasteiger partial charge is 0.0916 e. The molecule has 1 aromatic carbocycles. The Labute approximate surface area is 85.2 Å². The molecule has 1 heteroatoms. The summed E-state index contributed by atoms with van der Waals surface area (Å²) in [6, 6.07) is 8.08. The summed E-state index contributed by atoms with van der Waals surface area (Å²) in [5.74, 6) is 0.577. The van der Waals surface area contributed by atoms with Crippen molar-refractivity contribution in [3.05, 3.63) is 47.0 Å². The third-order valence-corrected chi connectivity index (χ3v) is 2.42. The Morgan fingerprint density at radius 1 is 1.31 bits per heavy atom. The van der Waals surface area contributed by atoms with Crippen LogP contribution in [0.5, 0.6) is 0 Å². The molecule has 0 fully saturated rings. The molecule has 0 bridgehead atoms. The lowest BCUT2D eigenvalue weighted by Gasteiger charge is -2.08. The van der Waals surface area contributed by atoms with Gasteiger partial charge in [-0.3, -0.25) is 0 Å². The molecule has 0 nitrogen and oxygen atoms in total. The molecule has 1 rings (SSSR count). The van der Waals surface area contributed by atoms with Gasteiger partial charge >= 0.3 is 0 Å². The molecule has 0 aromatic heterocycles. The second-order valence-corrected chi connectivity index (χ2v) is 3.69. The van der Waals surface area contributed by atoms with E-state index in [-0.39, 0.29) is 0 Å². The van der Waals surface area contributed by atoms with Gasteiger partial charge in [0.1, 0.15) is 0 Å². The summed E-state index contributed by atoms with van der Waals surface area (Å²) in [6.07, 6.45) is 5.38. The highest BCUT2D eigenvalue weighted by Gasteiger charge is 2.02. The van der Waals surface area contributed by atoms with Crippen molar-refractivity contribution < 1.29 is 0 Å². The summed E-state index contributed by atoms with van der Waals surface area (Å²) >= 11 is 5.81. The van der Waals surface area contributed by atoms with Crippen molar-refractivity contribution in [1.82, 2.24) is 0 Å². The smallest absolute Gasteiger partial charge is 0.0406 e. The minimum Gasteiger partial charge on any atom is -0.0916 e. The van der Waals surface area contributed by atoms with E-state index in [1.807, 2.05) is 12.1 Å². The van der Waals surface area contributed by atoms with Crippen LogP contribution in [0.4, 0.5) is 0 Å². The fourth-order valence-corrected chi connectivity index (χ4v) is 1.39. The van der Waals surface area contributed by atoms with Crippen LogP contribution in [0.2, 0.25) is 5.02 Å². The van der Waals surface area contributed by atoms with Gasteiger partial charge in [0.25, 0.3) is 0 Å². The van der Waals surface area contributed by atoms with E-state index in [4.69, 9.17) is 11.6 Å². The van der Waals surface area contributed by atoms with Crippen LogP contribution >= 0.6 is 11.6 Å². The molecule has 0 amide bonds. The lowest BCUT2D eigenvalue weighted by atomic mass is 9.98. The quantitative estimate of drug-likeness (QED) is 0.626. The molecule has 0 aliphatic carbocycles. The molecule has 0 N–H and O–H groups in total. The van der Waals surface area contributed by atoms with Crippen molar-refractivity contribution in [2.45, 2.75) is 26.2 Å². The van der Waals surface area contributed by atoms with E-state index in [2.05, 4.69) is 38.1 Å². The van der Waals surface area contributed by atoms with Crippen LogP contribution in [0.3, 0.4) is 0 Å². The summed E-state index contributed by atoms with van der Waals surface area (Å²) in [5.41, 5.74) is 1.35. The standard InChI is InChI=1S/C12H15Cl/c1-3-4-5-10(2)11-6-8-12(13)9-7-11/h3-4,6-10H,5H2,1-2H3/b4-3-. The Kier molecular flexibility index (Phi) is 4.04. The lowest BCUT2D eigenvalue weighted by Crippen LogP contribution is -1.90. The van der Waals surface area contributed by atoms with Crippen LogP contribution in [0.25, 0.3) is 0 Å². The Bertz CT molecular complexity index is 272. The Hall–Kier alpha value is -0.750. The fraction of sp³-hybridized carbons (Fsp3) is 0.333. The van der Waals surface area contributed by atoms with Gasteiger partial charge < -0.3 is 0 Å². The van der Waals surface area contributed by atoms with E-state index in [1.54, 1.807) is 0 Å². The molecule has 0 spiro atoms. The zero-order valence-corrected chi connectivity index (χ0v) is 8.88. The highest BCUT2D eigenvalue weighted by atomic mass is 35.5. The molecule has 0 aliphatic rings. The highest BCUT2D eigenvalue weighted by Crippen LogP contribution is 2.21. The van der Waals surface area contributed by atoms with Gasteiger partial charge in [0.15, 0.2) is 0 Å². The van der Waals surface area contributed by atoms with Gasteiger partial charge in [-0.25, -0.2) is 0 Å². The molecular weight excluding hydrogens is 180 g/mol. The zero-order chi connectivity index (χ0) is 9.68. The van der Waals surface area contributed by atoms with Gasteiger partial charge in [-0.15, -0.1) is 0 Å². The van der Waals surface area contributed by atoms with Crippen molar-refractivity contribution in [3.63, 3.8) is 0 Å². The summed E-state index contributed by atoms with van der Waals surface area (Å²) in [5, 5.41) is 0.807. The van der Waals surface area contributed by atoms with E-state index in [0.29, 0.717) is 5.92 Å². The van der Waals surface area contributed by atoms with Crippen molar-refractivity contribution in [1.29, 1.82) is 0 Å². The SMILES string of the molecule is C/C=C\CC(C)c1ccc(Cl)cc1. The van der Waals surface area contributed by atoms with Crippen molar-refractivity contribution in [2.24, 2.45) is 0 Å². The predicted molar refractivity (Wildman–Crippen MR) is 59.3 cm³/mol. The highest BCUT2D eigenvalue weighted by molar-refractivity contribution is 6.30. The van der Waals surface area contributed by atoms with E-state index in [1.165, 1.54) is 5.56 Å². The first-order valence-electron chi connectivity index (χ1n) is 4.60. The normalized spacial score (nSPS) is 13.5. The molecule has 1 aromatic rings. The van der Waals surface area contributed by atoms with E-state index >= 15 is 0 Å². The number of hydrogen-bond acceptors (Lipinski definition) is 0. The summed E-state index contributed by atoms with van der Waals surface area (Å²) in [7, 11) is 0. The second kappa shape index (κ2) is 5.08. The van der Waals surface area contributed by atoms with Gasteiger partial charge in [0.05, 0.1) is 0 Å². The first-order chi connectivity index (χ1) is 6.24. The van der Waals surface area contributed by atoms with E-state index in [9.17, 15) is 0 Å². The van der Waals surface area contributed by atoms with Crippen LogP contribution < -0.4 is 0 Å². The topological polar surface area (TPSA) is 0 Å². The summed E-state index contributed by atoms with van der Waals surface area (Å²) in [6.45, 7) is 4.28. The Morgan fingerprint density at radius 3 is 2.46 bits per heavy atom. The number of rotatable bonds is 3. The molecule has 0 saturated heterocycles. The third kappa shape index (κ3) is 3.23. The maximum atomic E-state index is 5.81. The lowest BCUT2D eigenvalue weighted by molar-refractivity contribution is 0.780. The monoisotopic (exact) mass is 194 g/mol. The number of benzene rings is 1. The average Bonchev–Trinajstić information content (AvgIpc) is 2.15. The van der Waals surface area contributed by atoms with Gasteiger partial charge in [0.2, 0.25) is 0 Å². The molecule has 1 unspecified atom stereocenters. The zero-order valence-electron chi connectivity index (χ0n) is 8.13. The first kappa shape index (κ1) is 10.3. The maximum absolute atomic E-state index is 5.81. The number of hydrogen-bond donors (Lipinski definition) is 0. The van der Waals surface area contributed by atoms with Crippen LogP contribution in [0.15, 0.2) is 36.4 Å². The number of allylic oxidation sites excluding steroid dienone is 2. The first-order valence-corrected chi connectivity index (χ1v) is 4.98. The van der Waals surface area contributed by atoms with Crippen LogP contribution in [0.1, 0.15) is 31.7 Å². The fourth-order valence-electron chi connectivity index (χ4n) is 1.27. The minimum absolute atomic E-state index is 0.577. The van der Waals surface area contributed by atoms with E-state index < -0.39 is 0 Å². The van der Waals surface area contributed by atoms with Crippen LogP contribution in [-0.2, 0) is 0 Å². The Morgan fingerprint density at radius 2 is 1.92 bits per heavy atom. The molecule has 1 atom stereocenters. The van der Waals surface area contributed by atoms with Crippen molar-refractivity contribution in [3.8, 4) is 0 Å². The summed E-state index contributed by atoms with van der Waals surface area (Å²) < 4.78 is 0. The molecule has 0 aliphatic heterocycles. The third-order valence-electron chi connectivity index (χ3n) is 2.16. The molecule has 0 saturated carbocycles.